The van der Waals surface area contributed by atoms with Crippen LogP contribution >= 0.6 is 0 Å². The molecule has 0 aliphatic rings. The van der Waals surface area contributed by atoms with Crippen LogP contribution in [0.4, 0.5) is 0 Å². The number of hydrogen-bond acceptors (Lipinski definition) is 6. The van der Waals surface area contributed by atoms with Crippen molar-refractivity contribution in [2.45, 2.75) is 178 Å². The molecule has 0 spiro atoms. The number of hydrogen-bond donors (Lipinski definition) is 0. The molecule has 0 bridgehead atoms. The van der Waals surface area contributed by atoms with Crippen molar-refractivity contribution in [2.24, 2.45) is 17.8 Å². The average Bonchev–Trinajstić information content (AvgIpc) is 2.99. The van der Waals surface area contributed by atoms with E-state index in [1.54, 1.807) is 0 Å². The summed E-state index contributed by atoms with van der Waals surface area (Å²) < 4.78 is 16.1. The lowest BCUT2D eigenvalue weighted by molar-refractivity contribution is -0.152. The molecule has 6 heteroatoms. The van der Waals surface area contributed by atoms with E-state index in [1.165, 1.54) is 84.3 Å². The van der Waals surface area contributed by atoms with Gasteiger partial charge in [0.1, 0.15) is 5.78 Å². The van der Waals surface area contributed by atoms with Crippen molar-refractivity contribution in [2.75, 3.05) is 19.8 Å². The molecule has 0 heterocycles. The quantitative estimate of drug-likeness (QED) is 0.0568. The Hall–Kier alpha value is -1.85. The summed E-state index contributed by atoms with van der Waals surface area (Å²) in [7, 11) is 0. The maximum absolute atomic E-state index is 12.2. The van der Waals surface area contributed by atoms with Gasteiger partial charge >= 0.3 is 11.9 Å². The molecule has 0 amide bonds. The van der Waals surface area contributed by atoms with Crippen molar-refractivity contribution in [3.63, 3.8) is 0 Å². The van der Waals surface area contributed by atoms with Gasteiger partial charge in [-0.1, -0.05) is 145 Å². The second-order valence-corrected chi connectivity index (χ2v) is 11.9. The van der Waals surface area contributed by atoms with E-state index in [4.69, 9.17) is 14.2 Å². The van der Waals surface area contributed by atoms with Crippen LogP contribution in [-0.2, 0) is 28.6 Å². The standard InChI is InChI=1S/C24H44O5.C9H20.C3H6O.C2H6/c1-6-9-10-11-12-13-15-23(25)28-18-21(17-27-8-3)16-24(26)29-19-22(14-7-2)20(4)5;1-3-5-7-9-8-6-4-2;1-3(2)4;1-2/h8,20-22H,3,6-7,9-19H2,1-2,4-5H3;3-9H2,1-2H3;1-2H3;1-2H3. The van der Waals surface area contributed by atoms with Gasteiger partial charge in [0, 0.05) is 12.3 Å². The number of carbonyl (C=O) groups is 3. The van der Waals surface area contributed by atoms with Crippen molar-refractivity contribution in [1.82, 2.24) is 0 Å². The molecule has 0 aromatic carbocycles. The zero-order valence-corrected chi connectivity index (χ0v) is 31.1. The van der Waals surface area contributed by atoms with E-state index in [1.807, 2.05) is 13.8 Å². The minimum Gasteiger partial charge on any atom is -0.501 e. The third kappa shape index (κ3) is 44.6. The molecule has 0 aliphatic carbocycles. The second-order valence-electron chi connectivity index (χ2n) is 11.9. The number of ketones is 1. The number of Topliss-reactive ketones (excluding diaryl/α,β-unsaturated/α-hetero) is 1. The summed E-state index contributed by atoms with van der Waals surface area (Å²) in [5.41, 5.74) is 0. The topological polar surface area (TPSA) is 78.9 Å². The van der Waals surface area contributed by atoms with E-state index in [0.717, 1.165) is 32.1 Å². The molecule has 6 nitrogen and oxygen atoms in total. The highest BCUT2D eigenvalue weighted by Crippen LogP contribution is 2.18. The first-order valence-electron chi connectivity index (χ1n) is 18.1. The zero-order valence-electron chi connectivity index (χ0n) is 31.1. The second kappa shape index (κ2) is 41.1. The Bertz CT molecular complexity index is 606. The normalized spacial score (nSPS) is 11.3. The molecule has 0 fully saturated rings. The monoisotopic (exact) mass is 629 g/mol. The molecule has 2 atom stereocenters. The van der Waals surface area contributed by atoms with Gasteiger partial charge < -0.3 is 19.0 Å². The Labute approximate surface area is 274 Å². The van der Waals surface area contributed by atoms with E-state index >= 15 is 0 Å². The Morgan fingerprint density at radius 3 is 1.48 bits per heavy atom. The van der Waals surface area contributed by atoms with Gasteiger partial charge in [-0.2, -0.15) is 0 Å². The Morgan fingerprint density at radius 2 is 1.07 bits per heavy atom. The molecule has 0 aromatic heterocycles. The van der Waals surface area contributed by atoms with Crippen LogP contribution in [0.15, 0.2) is 12.8 Å². The molecule has 0 rings (SSSR count). The van der Waals surface area contributed by atoms with Gasteiger partial charge in [-0.05, 0) is 38.5 Å². The maximum Gasteiger partial charge on any atom is 0.306 e. The van der Waals surface area contributed by atoms with Crippen LogP contribution in [0, 0.1) is 17.8 Å². The molecule has 264 valence electrons. The molecule has 0 saturated carbocycles. The van der Waals surface area contributed by atoms with Gasteiger partial charge in [-0.3, -0.25) is 9.59 Å². The van der Waals surface area contributed by atoms with E-state index in [2.05, 4.69) is 48.1 Å². The van der Waals surface area contributed by atoms with Crippen LogP contribution in [-0.4, -0.2) is 37.5 Å². The summed E-state index contributed by atoms with van der Waals surface area (Å²) in [5, 5.41) is 0. The summed E-state index contributed by atoms with van der Waals surface area (Å²) in [4.78, 5) is 33.6. The van der Waals surface area contributed by atoms with E-state index in [-0.39, 0.29) is 43.3 Å². The lowest BCUT2D eigenvalue weighted by Crippen LogP contribution is -2.24. The van der Waals surface area contributed by atoms with Gasteiger partial charge in [0.25, 0.3) is 0 Å². The van der Waals surface area contributed by atoms with Crippen molar-refractivity contribution in [1.29, 1.82) is 0 Å². The third-order valence-electron chi connectivity index (χ3n) is 6.89. The van der Waals surface area contributed by atoms with Crippen LogP contribution in [0.1, 0.15) is 178 Å². The highest BCUT2D eigenvalue weighted by molar-refractivity contribution is 5.72. The van der Waals surface area contributed by atoms with Crippen molar-refractivity contribution in [3.05, 3.63) is 12.8 Å². The van der Waals surface area contributed by atoms with Crippen LogP contribution in [0.25, 0.3) is 0 Å². The average molecular weight is 629 g/mol. The highest BCUT2D eigenvalue weighted by atomic mass is 16.5. The van der Waals surface area contributed by atoms with Gasteiger partial charge in [-0.15, -0.1) is 0 Å². The molecular formula is C38H76O6. The fraction of sp³-hybridized carbons (Fsp3) is 0.868. The Morgan fingerprint density at radius 1 is 0.636 bits per heavy atom. The molecular weight excluding hydrogens is 552 g/mol. The fourth-order valence-corrected chi connectivity index (χ4v) is 4.21. The predicted molar refractivity (Wildman–Crippen MR) is 189 cm³/mol. The molecule has 0 N–H and O–H groups in total. The van der Waals surface area contributed by atoms with Crippen molar-refractivity contribution >= 4 is 17.7 Å². The number of unbranched alkanes of at least 4 members (excludes halogenated alkanes) is 11. The lowest BCUT2D eigenvalue weighted by atomic mass is 9.92. The number of carbonyl (C=O) groups excluding carboxylic acids is 3. The van der Waals surface area contributed by atoms with Crippen molar-refractivity contribution in [3.8, 4) is 0 Å². The maximum atomic E-state index is 12.2. The Balaban J connectivity index is -0.000000439. The summed E-state index contributed by atoms with van der Waals surface area (Å²) in [6, 6.07) is 0. The first-order chi connectivity index (χ1) is 21.1. The van der Waals surface area contributed by atoms with Crippen LogP contribution in [0.2, 0.25) is 0 Å². The van der Waals surface area contributed by atoms with Crippen LogP contribution in [0.3, 0.4) is 0 Å². The molecule has 2 unspecified atom stereocenters. The van der Waals surface area contributed by atoms with Gasteiger partial charge in [0.05, 0.1) is 32.5 Å². The molecule has 44 heavy (non-hydrogen) atoms. The first-order valence-corrected chi connectivity index (χ1v) is 18.1. The van der Waals surface area contributed by atoms with E-state index in [0.29, 0.717) is 24.9 Å². The third-order valence-corrected chi connectivity index (χ3v) is 6.89. The minimum absolute atomic E-state index is 0.167. The fourth-order valence-electron chi connectivity index (χ4n) is 4.21. The smallest absolute Gasteiger partial charge is 0.306 e. The predicted octanol–water partition coefficient (Wildman–Crippen LogP) is 11.4. The largest absolute Gasteiger partial charge is 0.501 e. The SMILES string of the molecule is C=COCC(COC(=O)CCCCCCCC)CC(=O)OCC(CCC)C(C)C.CC.CC(C)=O.CCCCCCCCC. The summed E-state index contributed by atoms with van der Waals surface area (Å²) >= 11 is 0. The highest BCUT2D eigenvalue weighted by Gasteiger charge is 2.20. The van der Waals surface area contributed by atoms with Gasteiger partial charge in [0.2, 0.25) is 0 Å². The number of esters is 2. The first kappa shape index (κ1) is 49.0. The van der Waals surface area contributed by atoms with Crippen LogP contribution in [0.5, 0.6) is 0 Å². The number of rotatable bonds is 25. The summed E-state index contributed by atoms with van der Waals surface area (Å²) in [6.07, 6.45) is 20.8. The number of ether oxygens (including phenoxy) is 3. The summed E-state index contributed by atoms with van der Waals surface area (Å²) in [6.45, 7) is 24.6. The molecule has 0 saturated heterocycles. The summed E-state index contributed by atoms with van der Waals surface area (Å²) in [5.74, 6) is 0.321. The van der Waals surface area contributed by atoms with Gasteiger partial charge in [-0.25, -0.2) is 0 Å². The molecule has 0 aromatic rings. The van der Waals surface area contributed by atoms with Crippen molar-refractivity contribution < 1.29 is 28.6 Å². The van der Waals surface area contributed by atoms with E-state index in [9.17, 15) is 14.4 Å². The lowest BCUT2D eigenvalue weighted by Gasteiger charge is -2.21. The zero-order chi connectivity index (χ0) is 34.4. The van der Waals surface area contributed by atoms with Gasteiger partial charge in [0.15, 0.2) is 0 Å². The van der Waals surface area contributed by atoms with Crippen LogP contribution < -0.4 is 0 Å². The molecule has 0 radical (unpaired) electrons. The minimum atomic E-state index is -0.267. The Kier molecular flexibility index (Phi) is 45.9. The van der Waals surface area contributed by atoms with E-state index < -0.39 is 0 Å². The molecule has 0 aliphatic heterocycles.